The maximum absolute atomic E-state index is 12.8. The molecule has 0 unspecified atom stereocenters. The number of esters is 1. The number of aromatic nitrogens is 1. The van der Waals surface area contributed by atoms with Gasteiger partial charge in [-0.3, -0.25) is 14.2 Å². The number of aryl methyl sites for hydroxylation is 1. The molecule has 0 radical (unpaired) electrons. The summed E-state index contributed by atoms with van der Waals surface area (Å²) in [7, 11) is -3.63. The summed E-state index contributed by atoms with van der Waals surface area (Å²) in [6.07, 6.45) is 3.14. The zero-order valence-electron chi connectivity index (χ0n) is 18.7. The second-order valence-corrected chi connectivity index (χ2v) is 10.4. The molecule has 1 aromatic heterocycles. The molecule has 0 N–H and O–H groups in total. The molecule has 2 aliphatic rings. The number of amides is 1. The number of likely N-dealkylation sites (tertiary alicyclic amines) is 1. The number of hydrogen-bond donors (Lipinski definition) is 0. The first kappa shape index (κ1) is 23.5. The predicted molar refractivity (Wildman–Crippen MR) is 119 cm³/mol. The van der Waals surface area contributed by atoms with Gasteiger partial charge < -0.3 is 14.1 Å². The number of oxazole rings is 1. The van der Waals surface area contributed by atoms with E-state index in [1.165, 1.54) is 21.0 Å². The zero-order chi connectivity index (χ0) is 23.6. The standard InChI is InChI=1S/C22H29N3O7S/c1-2-31-21(27)16-6-5-10-23(15-16)20(26)9-13-25-18-8-7-17(14-19(18)32-22(25)28)33(29,30)24-11-3-4-12-24/h7-8,14,16H,2-6,9-13,15H2,1H3/t16-/m1/s1. The van der Waals surface area contributed by atoms with E-state index in [1.807, 2.05) is 0 Å². The normalized spacial score (nSPS) is 19.8. The first-order chi connectivity index (χ1) is 15.8. The van der Waals surface area contributed by atoms with Crippen molar-refractivity contribution in [3.8, 4) is 0 Å². The number of piperidine rings is 1. The van der Waals surface area contributed by atoms with E-state index >= 15 is 0 Å². The third-order valence-corrected chi connectivity index (χ3v) is 8.18. The Bertz CT molecular complexity index is 1190. The third kappa shape index (κ3) is 4.84. The summed E-state index contributed by atoms with van der Waals surface area (Å²) in [6.45, 7) is 4.01. The van der Waals surface area contributed by atoms with Crippen LogP contribution in [-0.4, -0.2) is 66.9 Å². The first-order valence-corrected chi connectivity index (χ1v) is 12.8. The number of hydrogen-bond acceptors (Lipinski definition) is 7. The third-order valence-electron chi connectivity index (χ3n) is 6.29. The molecule has 4 rings (SSSR count). The number of benzene rings is 1. The minimum Gasteiger partial charge on any atom is -0.466 e. The maximum atomic E-state index is 12.8. The largest absolute Gasteiger partial charge is 0.466 e. The van der Waals surface area contributed by atoms with Crippen molar-refractivity contribution in [1.82, 2.24) is 13.8 Å². The smallest absolute Gasteiger partial charge is 0.419 e. The van der Waals surface area contributed by atoms with Crippen LogP contribution in [0.3, 0.4) is 0 Å². The van der Waals surface area contributed by atoms with E-state index in [1.54, 1.807) is 17.9 Å². The lowest BCUT2D eigenvalue weighted by Gasteiger charge is -2.31. The summed E-state index contributed by atoms with van der Waals surface area (Å²) in [6, 6.07) is 4.39. The van der Waals surface area contributed by atoms with Crippen LogP contribution in [0.5, 0.6) is 0 Å². The van der Waals surface area contributed by atoms with Gasteiger partial charge in [0.15, 0.2) is 5.58 Å². The van der Waals surface area contributed by atoms with Crippen molar-refractivity contribution in [2.24, 2.45) is 5.92 Å². The highest BCUT2D eigenvalue weighted by molar-refractivity contribution is 7.89. The monoisotopic (exact) mass is 479 g/mol. The Morgan fingerprint density at radius 1 is 1.15 bits per heavy atom. The highest BCUT2D eigenvalue weighted by Gasteiger charge is 2.30. The summed E-state index contributed by atoms with van der Waals surface area (Å²) in [5, 5.41) is 0. The highest BCUT2D eigenvalue weighted by Crippen LogP contribution is 2.25. The molecule has 180 valence electrons. The molecule has 2 aromatic rings. The van der Waals surface area contributed by atoms with Gasteiger partial charge in [0.25, 0.3) is 0 Å². The lowest BCUT2D eigenvalue weighted by Crippen LogP contribution is -2.43. The Hall–Kier alpha value is -2.66. The zero-order valence-corrected chi connectivity index (χ0v) is 19.5. The van der Waals surface area contributed by atoms with Crippen LogP contribution in [0.25, 0.3) is 11.1 Å². The fraction of sp³-hybridized carbons (Fsp3) is 0.591. The van der Waals surface area contributed by atoms with Crippen molar-refractivity contribution < 1.29 is 27.2 Å². The van der Waals surface area contributed by atoms with E-state index < -0.39 is 15.8 Å². The first-order valence-electron chi connectivity index (χ1n) is 11.4. The average Bonchev–Trinajstić information content (AvgIpc) is 3.45. The Labute approximate surface area is 192 Å². The lowest BCUT2D eigenvalue weighted by atomic mass is 9.98. The molecule has 2 fully saturated rings. The van der Waals surface area contributed by atoms with Gasteiger partial charge in [-0.05, 0) is 44.7 Å². The molecule has 10 nitrogen and oxygen atoms in total. The van der Waals surface area contributed by atoms with Crippen molar-refractivity contribution in [2.45, 2.75) is 50.5 Å². The summed E-state index contributed by atoms with van der Waals surface area (Å²) >= 11 is 0. The van der Waals surface area contributed by atoms with E-state index in [2.05, 4.69) is 0 Å². The van der Waals surface area contributed by atoms with Crippen LogP contribution in [0.4, 0.5) is 0 Å². The quantitative estimate of drug-likeness (QED) is 0.553. The van der Waals surface area contributed by atoms with Crippen LogP contribution in [0.15, 0.2) is 32.3 Å². The molecule has 2 aliphatic heterocycles. The molecule has 3 heterocycles. The number of ether oxygens (including phenoxy) is 1. The minimum atomic E-state index is -3.63. The summed E-state index contributed by atoms with van der Waals surface area (Å²) in [5.41, 5.74) is 0.615. The topological polar surface area (TPSA) is 119 Å². The predicted octanol–water partition coefficient (Wildman–Crippen LogP) is 1.57. The van der Waals surface area contributed by atoms with Gasteiger partial charge in [0, 0.05) is 45.2 Å². The number of carbonyl (C=O) groups excluding carboxylic acids is 2. The Kier molecular flexibility index (Phi) is 6.89. The Balaban J connectivity index is 1.46. The minimum absolute atomic E-state index is 0.0674. The van der Waals surface area contributed by atoms with Crippen molar-refractivity contribution in [1.29, 1.82) is 0 Å². The van der Waals surface area contributed by atoms with Crippen molar-refractivity contribution in [3.63, 3.8) is 0 Å². The van der Waals surface area contributed by atoms with Crippen LogP contribution in [0.1, 0.15) is 39.0 Å². The van der Waals surface area contributed by atoms with Crippen molar-refractivity contribution >= 4 is 33.0 Å². The van der Waals surface area contributed by atoms with Crippen LogP contribution < -0.4 is 5.76 Å². The van der Waals surface area contributed by atoms with Gasteiger partial charge in [0.05, 0.1) is 22.9 Å². The Morgan fingerprint density at radius 2 is 1.91 bits per heavy atom. The van der Waals surface area contributed by atoms with Gasteiger partial charge >= 0.3 is 11.7 Å². The van der Waals surface area contributed by atoms with Gasteiger partial charge in [-0.2, -0.15) is 4.31 Å². The molecule has 0 spiro atoms. The maximum Gasteiger partial charge on any atom is 0.419 e. The number of rotatable bonds is 7. The van der Waals surface area contributed by atoms with Gasteiger partial charge in [0.2, 0.25) is 15.9 Å². The molecule has 11 heteroatoms. The molecular formula is C22H29N3O7S. The van der Waals surface area contributed by atoms with Crippen LogP contribution in [0, 0.1) is 5.92 Å². The molecule has 0 bridgehead atoms. The molecule has 33 heavy (non-hydrogen) atoms. The summed E-state index contributed by atoms with van der Waals surface area (Å²) < 4.78 is 38.7. The summed E-state index contributed by atoms with van der Waals surface area (Å²) in [4.78, 5) is 38.9. The van der Waals surface area contributed by atoms with E-state index in [9.17, 15) is 22.8 Å². The van der Waals surface area contributed by atoms with Crippen molar-refractivity contribution in [3.05, 3.63) is 28.7 Å². The molecule has 0 aliphatic carbocycles. The van der Waals surface area contributed by atoms with Crippen LogP contribution in [0.2, 0.25) is 0 Å². The van der Waals surface area contributed by atoms with Gasteiger partial charge in [0.1, 0.15) is 0 Å². The van der Waals surface area contributed by atoms with Gasteiger partial charge in [-0.1, -0.05) is 0 Å². The SMILES string of the molecule is CCOC(=O)[C@@H]1CCCN(C(=O)CCn2c(=O)oc3cc(S(=O)(=O)N4CCCC4)ccc32)C1. The fourth-order valence-corrected chi connectivity index (χ4v) is 6.05. The number of fused-ring (bicyclic) bond motifs is 1. The van der Waals surface area contributed by atoms with Gasteiger partial charge in [-0.25, -0.2) is 13.2 Å². The molecular weight excluding hydrogens is 450 g/mol. The summed E-state index contributed by atoms with van der Waals surface area (Å²) in [5.74, 6) is -1.40. The average molecular weight is 480 g/mol. The highest BCUT2D eigenvalue weighted by atomic mass is 32.2. The number of nitrogens with zero attached hydrogens (tertiary/aromatic N) is 3. The van der Waals surface area contributed by atoms with Crippen LogP contribution >= 0.6 is 0 Å². The number of carbonyl (C=O) groups is 2. The van der Waals surface area contributed by atoms with Crippen LogP contribution in [-0.2, 0) is 30.9 Å². The molecule has 1 amide bonds. The van der Waals surface area contributed by atoms with Gasteiger partial charge in [-0.15, -0.1) is 0 Å². The Morgan fingerprint density at radius 3 is 2.64 bits per heavy atom. The molecule has 1 aromatic carbocycles. The second-order valence-electron chi connectivity index (χ2n) is 8.44. The number of sulfonamides is 1. The van der Waals surface area contributed by atoms with E-state index in [4.69, 9.17) is 9.15 Å². The van der Waals surface area contributed by atoms with E-state index in [-0.39, 0.29) is 41.2 Å². The molecule has 2 saturated heterocycles. The fourth-order valence-electron chi connectivity index (χ4n) is 4.52. The molecule has 1 atom stereocenters. The van der Waals surface area contributed by atoms with E-state index in [0.29, 0.717) is 44.7 Å². The van der Waals surface area contributed by atoms with Crippen molar-refractivity contribution in [2.75, 3.05) is 32.8 Å². The molecule has 0 saturated carbocycles. The lowest BCUT2D eigenvalue weighted by molar-refractivity contribution is -0.151. The van der Waals surface area contributed by atoms with E-state index in [0.717, 1.165) is 19.3 Å². The second kappa shape index (κ2) is 9.68.